The second-order valence-electron chi connectivity index (χ2n) is 5.37. The Morgan fingerprint density at radius 2 is 2.12 bits per heavy atom. The average Bonchev–Trinajstić information content (AvgIpc) is 2.96. The van der Waals surface area contributed by atoms with Crippen LogP contribution in [0.2, 0.25) is 0 Å². The van der Waals surface area contributed by atoms with E-state index in [4.69, 9.17) is 0 Å². The highest BCUT2D eigenvalue weighted by atomic mass is 19.1. The Balaban J connectivity index is 1.56. The van der Waals surface area contributed by atoms with E-state index in [2.05, 4.69) is 25.7 Å². The Labute approximate surface area is 137 Å². The van der Waals surface area contributed by atoms with E-state index in [0.717, 1.165) is 11.0 Å². The number of carbonyl (C=O) groups is 1. The van der Waals surface area contributed by atoms with Gasteiger partial charge in [0.25, 0.3) is 5.91 Å². The fourth-order valence-electron chi connectivity index (χ4n) is 2.30. The van der Waals surface area contributed by atoms with E-state index in [-0.39, 0.29) is 11.7 Å². The van der Waals surface area contributed by atoms with Crippen LogP contribution in [0.3, 0.4) is 0 Å². The monoisotopic (exact) mass is 328 g/mol. The minimum Gasteiger partial charge on any atom is -0.368 e. The van der Waals surface area contributed by atoms with Gasteiger partial charge in [-0.2, -0.15) is 5.10 Å². The molecular formula is C16H17FN6O. The maximum absolute atomic E-state index is 13.5. The molecule has 0 aliphatic heterocycles. The van der Waals surface area contributed by atoms with Crippen molar-refractivity contribution in [2.45, 2.75) is 6.92 Å². The lowest BCUT2D eigenvalue weighted by Gasteiger charge is -2.08. The summed E-state index contributed by atoms with van der Waals surface area (Å²) in [5, 5.41) is 10.8. The van der Waals surface area contributed by atoms with E-state index in [1.807, 2.05) is 0 Å². The van der Waals surface area contributed by atoms with Crippen molar-refractivity contribution >= 4 is 22.8 Å². The van der Waals surface area contributed by atoms with Crippen LogP contribution < -0.4 is 10.6 Å². The minimum absolute atomic E-state index is 0.301. The van der Waals surface area contributed by atoms with Crippen molar-refractivity contribution in [3.05, 3.63) is 47.7 Å². The average molecular weight is 328 g/mol. The Morgan fingerprint density at radius 3 is 2.92 bits per heavy atom. The van der Waals surface area contributed by atoms with Crippen LogP contribution in [0.15, 0.2) is 30.7 Å². The molecule has 0 saturated heterocycles. The Morgan fingerprint density at radius 1 is 1.29 bits per heavy atom. The fourth-order valence-corrected chi connectivity index (χ4v) is 2.30. The van der Waals surface area contributed by atoms with Gasteiger partial charge in [0.15, 0.2) is 5.65 Å². The third kappa shape index (κ3) is 3.17. The number of anilines is 1. The molecular weight excluding hydrogens is 311 g/mol. The van der Waals surface area contributed by atoms with Gasteiger partial charge < -0.3 is 10.6 Å². The SMILES string of the molecule is Cc1ccc(C(=O)NCCNc2ncnc3c2cnn3C)cc1F. The molecule has 0 spiro atoms. The third-order valence-corrected chi connectivity index (χ3v) is 3.67. The topological polar surface area (TPSA) is 84.7 Å². The van der Waals surface area contributed by atoms with E-state index in [1.54, 1.807) is 37.0 Å². The molecule has 0 radical (unpaired) electrons. The standard InChI is InChI=1S/C16H17FN6O/c1-10-3-4-11(7-13(10)17)16(24)19-6-5-18-14-12-8-22-23(2)15(12)21-9-20-14/h3-4,7-9H,5-6H2,1-2H3,(H,19,24)(H,18,20,21). The molecule has 2 N–H and O–H groups in total. The lowest BCUT2D eigenvalue weighted by atomic mass is 10.1. The molecule has 7 nitrogen and oxygen atoms in total. The van der Waals surface area contributed by atoms with Crippen LogP contribution in [0, 0.1) is 12.7 Å². The molecule has 0 aliphatic rings. The summed E-state index contributed by atoms with van der Waals surface area (Å²) in [6.45, 7) is 2.50. The summed E-state index contributed by atoms with van der Waals surface area (Å²) >= 11 is 0. The highest BCUT2D eigenvalue weighted by Gasteiger charge is 2.09. The number of halogens is 1. The van der Waals surface area contributed by atoms with Crippen LogP contribution in [-0.2, 0) is 7.05 Å². The van der Waals surface area contributed by atoms with Gasteiger partial charge in [0.2, 0.25) is 0 Å². The van der Waals surface area contributed by atoms with E-state index < -0.39 is 0 Å². The largest absolute Gasteiger partial charge is 0.368 e. The number of fused-ring (bicyclic) bond motifs is 1. The third-order valence-electron chi connectivity index (χ3n) is 3.67. The minimum atomic E-state index is -0.388. The van der Waals surface area contributed by atoms with Gasteiger partial charge in [0, 0.05) is 25.7 Å². The molecule has 0 fully saturated rings. The van der Waals surface area contributed by atoms with Crippen molar-refractivity contribution in [2.75, 3.05) is 18.4 Å². The molecule has 1 amide bonds. The fraction of sp³-hybridized carbons (Fsp3) is 0.250. The van der Waals surface area contributed by atoms with E-state index in [1.165, 1.54) is 12.4 Å². The summed E-state index contributed by atoms with van der Waals surface area (Å²) in [6.07, 6.45) is 3.14. The number of rotatable bonds is 5. The predicted molar refractivity (Wildman–Crippen MR) is 88.3 cm³/mol. The molecule has 0 saturated carbocycles. The van der Waals surface area contributed by atoms with Gasteiger partial charge in [0.05, 0.1) is 11.6 Å². The maximum Gasteiger partial charge on any atom is 0.251 e. The van der Waals surface area contributed by atoms with Crippen molar-refractivity contribution in [1.82, 2.24) is 25.1 Å². The molecule has 2 heterocycles. The van der Waals surface area contributed by atoms with Gasteiger partial charge in [-0.25, -0.2) is 14.4 Å². The summed E-state index contributed by atoms with van der Waals surface area (Å²) in [4.78, 5) is 20.3. The van der Waals surface area contributed by atoms with Crippen LogP contribution in [0.5, 0.6) is 0 Å². The predicted octanol–water partition coefficient (Wildman–Crippen LogP) is 1.65. The lowest BCUT2D eigenvalue weighted by molar-refractivity contribution is 0.0954. The van der Waals surface area contributed by atoms with Crippen molar-refractivity contribution in [2.24, 2.45) is 7.05 Å². The highest BCUT2D eigenvalue weighted by molar-refractivity contribution is 5.94. The lowest BCUT2D eigenvalue weighted by Crippen LogP contribution is -2.29. The van der Waals surface area contributed by atoms with Crippen molar-refractivity contribution in [3.8, 4) is 0 Å². The zero-order valence-corrected chi connectivity index (χ0v) is 13.4. The Hall–Kier alpha value is -3.03. The first-order valence-electron chi connectivity index (χ1n) is 7.47. The van der Waals surface area contributed by atoms with Gasteiger partial charge >= 0.3 is 0 Å². The van der Waals surface area contributed by atoms with Gasteiger partial charge in [-0.1, -0.05) is 6.07 Å². The summed E-state index contributed by atoms with van der Waals surface area (Å²) in [6, 6.07) is 4.43. The summed E-state index contributed by atoms with van der Waals surface area (Å²) in [5.74, 6) is -0.0469. The zero-order valence-electron chi connectivity index (χ0n) is 13.4. The highest BCUT2D eigenvalue weighted by Crippen LogP contribution is 2.17. The van der Waals surface area contributed by atoms with E-state index >= 15 is 0 Å². The molecule has 24 heavy (non-hydrogen) atoms. The zero-order chi connectivity index (χ0) is 17.1. The number of amides is 1. The Bertz CT molecular complexity index is 891. The maximum atomic E-state index is 13.5. The summed E-state index contributed by atoms with van der Waals surface area (Å²) < 4.78 is 15.1. The molecule has 0 unspecified atom stereocenters. The molecule has 8 heteroatoms. The van der Waals surface area contributed by atoms with Crippen molar-refractivity contribution in [1.29, 1.82) is 0 Å². The second kappa shape index (κ2) is 6.61. The molecule has 124 valence electrons. The van der Waals surface area contributed by atoms with E-state index in [0.29, 0.717) is 30.0 Å². The normalized spacial score (nSPS) is 10.8. The summed E-state index contributed by atoms with van der Waals surface area (Å²) in [7, 11) is 1.81. The van der Waals surface area contributed by atoms with Crippen LogP contribution in [-0.4, -0.2) is 38.7 Å². The number of nitrogens with one attached hydrogen (secondary N) is 2. The number of aryl methyl sites for hydroxylation is 2. The molecule has 0 aliphatic carbocycles. The smallest absolute Gasteiger partial charge is 0.251 e. The van der Waals surface area contributed by atoms with Gasteiger partial charge in [-0.15, -0.1) is 0 Å². The molecule has 2 aromatic heterocycles. The number of nitrogens with zero attached hydrogens (tertiary/aromatic N) is 4. The quantitative estimate of drug-likeness (QED) is 0.696. The van der Waals surface area contributed by atoms with Gasteiger partial charge in [-0.3, -0.25) is 9.48 Å². The number of hydrogen-bond acceptors (Lipinski definition) is 5. The van der Waals surface area contributed by atoms with Gasteiger partial charge in [0.1, 0.15) is 18.0 Å². The molecule has 0 atom stereocenters. The van der Waals surface area contributed by atoms with Gasteiger partial charge in [-0.05, 0) is 24.6 Å². The first kappa shape index (κ1) is 15.9. The van der Waals surface area contributed by atoms with Crippen LogP contribution in [0.4, 0.5) is 10.2 Å². The second-order valence-corrected chi connectivity index (χ2v) is 5.37. The number of benzene rings is 1. The van der Waals surface area contributed by atoms with Crippen LogP contribution in [0.25, 0.3) is 11.0 Å². The first-order valence-corrected chi connectivity index (χ1v) is 7.47. The van der Waals surface area contributed by atoms with Crippen LogP contribution >= 0.6 is 0 Å². The van der Waals surface area contributed by atoms with Crippen molar-refractivity contribution < 1.29 is 9.18 Å². The Kier molecular flexibility index (Phi) is 4.37. The molecule has 1 aromatic carbocycles. The molecule has 3 rings (SSSR count). The van der Waals surface area contributed by atoms with E-state index in [9.17, 15) is 9.18 Å². The molecule has 3 aromatic rings. The van der Waals surface area contributed by atoms with Crippen LogP contribution in [0.1, 0.15) is 15.9 Å². The first-order chi connectivity index (χ1) is 11.6. The number of aromatic nitrogens is 4. The molecule has 0 bridgehead atoms. The summed E-state index contributed by atoms with van der Waals surface area (Å²) in [5.41, 5.74) is 1.54. The number of carbonyl (C=O) groups excluding carboxylic acids is 1. The number of hydrogen-bond donors (Lipinski definition) is 2. The van der Waals surface area contributed by atoms with Crippen molar-refractivity contribution in [3.63, 3.8) is 0 Å².